The number of aryl methyl sites for hydroxylation is 1. The number of rotatable bonds is 12. The molecule has 0 fully saturated rings. The second kappa shape index (κ2) is 14.2. The van der Waals surface area contributed by atoms with Crippen molar-refractivity contribution in [3.8, 4) is 0 Å². The molecule has 6 heteroatoms. The molecule has 0 saturated carbocycles. The Labute approximate surface area is 228 Å². The van der Waals surface area contributed by atoms with Crippen molar-refractivity contribution in [1.82, 2.24) is 10.2 Å². The van der Waals surface area contributed by atoms with Gasteiger partial charge in [-0.2, -0.15) is 0 Å². The van der Waals surface area contributed by atoms with Crippen LogP contribution in [0.1, 0.15) is 36.1 Å². The number of nitrogens with one attached hydrogen (secondary N) is 1. The smallest absolute Gasteiger partial charge is 0.243 e. The largest absolute Gasteiger partial charge is 0.354 e. The standard InChI is InChI=1S/C30H35BrN2O2S/c1-22(2)18-32-30(35)28(17-24-9-5-4-6-10-24)33(19-26-11-7-8-23(3)16-26)29(34)21-36-20-25-12-14-27(31)15-13-25/h4-16,22,28H,17-21H2,1-3H3,(H,32,35). The molecule has 2 amide bonds. The summed E-state index contributed by atoms with van der Waals surface area (Å²) in [5.41, 5.74) is 4.35. The SMILES string of the molecule is Cc1cccc(CN(C(=O)CSCc2ccc(Br)cc2)C(Cc2ccccc2)C(=O)NCC(C)C)c1. The molecule has 0 spiro atoms. The van der Waals surface area contributed by atoms with Gasteiger partial charge in [0, 0.05) is 29.7 Å². The normalized spacial score (nSPS) is 11.8. The third kappa shape index (κ3) is 9.14. The molecule has 0 radical (unpaired) electrons. The molecule has 1 atom stereocenters. The van der Waals surface area contributed by atoms with Gasteiger partial charge in [0.1, 0.15) is 6.04 Å². The van der Waals surface area contributed by atoms with Crippen LogP contribution in [0.25, 0.3) is 0 Å². The van der Waals surface area contributed by atoms with E-state index in [1.165, 1.54) is 0 Å². The number of halogens is 1. The number of carbonyl (C=O) groups is 2. The maximum absolute atomic E-state index is 13.7. The van der Waals surface area contributed by atoms with Gasteiger partial charge in [-0.05, 0) is 41.7 Å². The van der Waals surface area contributed by atoms with Crippen molar-refractivity contribution in [2.24, 2.45) is 5.92 Å². The molecule has 1 unspecified atom stereocenters. The molecule has 0 aliphatic heterocycles. The van der Waals surface area contributed by atoms with Gasteiger partial charge < -0.3 is 10.2 Å². The van der Waals surface area contributed by atoms with Gasteiger partial charge in [0.05, 0.1) is 5.75 Å². The molecule has 0 bridgehead atoms. The van der Waals surface area contributed by atoms with E-state index in [4.69, 9.17) is 0 Å². The predicted molar refractivity (Wildman–Crippen MR) is 154 cm³/mol. The van der Waals surface area contributed by atoms with Gasteiger partial charge in [-0.15, -0.1) is 11.8 Å². The van der Waals surface area contributed by atoms with Gasteiger partial charge in [-0.1, -0.05) is 102 Å². The minimum Gasteiger partial charge on any atom is -0.354 e. The lowest BCUT2D eigenvalue weighted by atomic mass is 10.0. The van der Waals surface area contributed by atoms with Crippen LogP contribution in [0.3, 0.4) is 0 Å². The molecule has 0 aliphatic carbocycles. The van der Waals surface area contributed by atoms with E-state index < -0.39 is 6.04 Å². The summed E-state index contributed by atoms with van der Waals surface area (Å²) in [6.07, 6.45) is 0.472. The fourth-order valence-corrected chi connectivity index (χ4v) is 5.04. The van der Waals surface area contributed by atoms with Crippen molar-refractivity contribution in [2.45, 2.75) is 45.5 Å². The summed E-state index contributed by atoms with van der Waals surface area (Å²) in [6, 6.07) is 25.6. The Bertz CT molecular complexity index is 1120. The number of hydrogen-bond acceptors (Lipinski definition) is 3. The zero-order chi connectivity index (χ0) is 25.9. The average molecular weight is 568 g/mol. The van der Waals surface area contributed by atoms with Crippen LogP contribution in [0.2, 0.25) is 0 Å². The molecule has 0 saturated heterocycles. The quantitative estimate of drug-likeness (QED) is 0.276. The molecule has 0 heterocycles. The number of thioether (sulfide) groups is 1. The van der Waals surface area contributed by atoms with Crippen LogP contribution in [0.4, 0.5) is 0 Å². The van der Waals surface area contributed by atoms with Crippen LogP contribution >= 0.6 is 27.7 Å². The number of carbonyl (C=O) groups excluding carboxylic acids is 2. The van der Waals surface area contributed by atoms with Crippen LogP contribution < -0.4 is 5.32 Å². The average Bonchev–Trinajstić information content (AvgIpc) is 2.86. The number of hydrogen-bond donors (Lipinski definition) is 1. The highest BCUT2D eigenvalue weighted by atomic mass is 79.9. The molecular formula is C30H35BrN2O2S. The minimum absolute atomic E-state index is 0.0285. The van der Waals surface area contributed by atoms with E-state index in [1.807, 2.05) is 67.6 Å². The molecule has 0 aliphatic rings. The topological polar surface area (TPSA) is 49.4 Å². The first-order chi connectivity index (χ1) is 17.3. The maximum atomic E-state index is 13.7. The summed E-state index contributed by atoms with van der Waals surface area (Å²) < 4.78 is 1.04. The minimum atomic E-state index is -0.590. The van der Waals surface area contributed by atoms with Gasteiger partial charge in [0.15, 0.2) is 0 Å². The molecule has 1 N–H and O–H groups in total. The Balaban J connectivity index is 1.83. The first kappa shape index (κ1) is 28.0. The zero-order valence-electron chi connectivity index (χ0n) is 21.2. The first-order valence-corrected chi connectivity index (χ1v) is 14.3. The van der Waals surface area contributed by atoms with Gasteiger partial charge in [0.2, 0.25) is 11.8 Å². The highest BCUT2D eigenvalue weighted by Gasteiger charge is 2.30. The van der Waals surface area contributed by atoms with E-state index in [1.54, 1.807) is 16.7 Å². The van der Waals surface area contributed by atoms with Crippen LogP contribution in [-0.4, -0.2) is 35.1 Å². The fraction of sp³-hybridized carbons (Fsp3) is 0.333. The summed E-state index contributed by atoms with van der Waals surface area (Å²) in [5.74, 6) is 1.24. The molecule has 190 valence electrons. The lowest BCUT2D eigenvalue weighted by molar-refractivity contribution is -0.139. The molecular weight excluding hydrogens is 532 g/mol. The Hall–Kier alpha value is -2.57. The molecule has 4 nitrogen and oxygen atoms in total. The Morgan fingerprint density at radius 3 is 2.28 bits per heavy atom. The van der Waals surface area contributed by atoms with Crippen LogP contribution in [0.15, 0.2) is 83.3 Å². The lowest BCUT2D eigenvalue weighted by Gasteiger charge is -2.32. The van der Waals surface area contributed by atoms with Gasteiger partial charge in [0.25, 0.3) is 0 Å². The summed E-state index contributed by atoms with van der Waals surface area (Å²) in [4.78, 5) is 28.9. The summed E-state index contributed by atoms with van der Waals surface area (Å²) in [5, 5.41) is 3.08. The van der Waals surface area contributed by atoms with Crippen LogP contribution in [0, 0.1) is 12.8 Å². The van der Waals surface area contributed by atoms with E-state index in [-0.39, 0.29) is 11.8 Å². The Morgan fingerprint density at radius 2 is 1.61 bits per heavy atom. The van der Waals surface area contributed by atoms with Crippen LogP contribution in [0.5, 0.6) is 0 Å². The third-order valence-corrected chi connectivity index (χ3v) is 7.32. The Kier molecular flexibility index (Phi) is 11.1. The van der Waals surface area contributed by atoms with E-state index in [9.17, 15) is 9.59 Å². The van der Waals surface area contributed by atoms with Crippen molar-refractivity contribution in [1.29, 1.82) is 0 Å². The fourth-order valence-electron chi connectivity index (χ4n) is 3.90. The van der Waals surface area contributed by atoms with Crippen molar-refractivity contribution in [3.05, 3.63) is 106 Å². The number of benzene rings is 3. The molecule has 3 aromatic rings. The molecule has 36 heavy (non-hydrogen) atoms. The Morgan fingerprint density at radius 1 is 0.917 bits per heavy atom. The monoisotopic (exact) mass is 566 g/mol. The predicted octanol–water partition coefficient (Wildman–Crippen LogP) is 6.40. The molecule has 3 aromatic carbocycles. The van der Waals surface area contributed by atoms with Gasteiger partial charge in [-0.25, -0.2) is 0 Å². The van der Waals surface area contributed by atoms with E-state index in [2.05, 4.69) is 53.3 Å². The van der Waals surface area contributed by atoms with Crippen molar-refractivity contribution < 1.29 is 9.59 Å². The lowest BCUT2D eigenvalue weighted by Crippen LogP contribution is -2.51. The number of nitrogens with zero attached hydrogens (tertiary/aromatic N) is 1. The highest BCUT2D eigenvalue weighted by Crippen LogP contribution is 2.20. The third-order valence-electron chi connectivity index (χ3n) is 5.80. The summed E-state index contributed by atoms with van der Waals surface area (Å²) >= 11 is 5.04. The van der Waals surface area contributed by atoms with E-state index in [0.29, 0.717) is 31.2 Å². The summed E-state index contributed by atoms with van der Waals surface area (Å²) in [6.45, 7) is 7.16. The zero-order valence-corrected chi connectivity index (χ0v) is 23.6. The van der Waals surface area contributed by atoms with Gasteiger partial charge >= 0.3 is 0 Å². The second-order valence-electron chi connectivity index (χ2n) is 9.47. The maximum Gasteiger partial charge on any atom is 0.243 e. The van der Waals surface area contributed by atoms with Crippen molar-refractivity contribution in [2.75, 3.05) is 12.3 Å². The van der Waals surface area contributed by atoms with E-state index >= 15 is 0 Å². The highest BCUT2D eigenvalue weighted by molar-refractivity contribution is 9.10. The molecule has 3 rings (SSSR count). The van der Waals surface area contributed by atoms with Crippen molar-refractivity contribution in [3.63, 3.8) is 0 Å². The second-order valence-corrected chi connectivity index (χ2v) is 11.4. The van der Waals surface area contributed by atoms with Crippen molar-refractivity contribution >= 4 is 39.5 Å². The number of amides is 2. The first-order valence-electron chi connectivity index (χ1n) is 12.3. The molecule has 0 aromatic heterocycles. The van der Waals surface area contributed by atoms with E-state index in [0.717, 1.165) is 32.5 Å². The van der Waals surface area contributed by atoms with Gasteiger partial charge in [-0.3, -0.25) is 9.59 Å². The summed E-state index contributed by atoms with van der Waals surface area (Å²) in [7, 11) is 0. The van der Waals surface area contributed by atoms with Crippen LogP contribution in [-0.2, 0) is 28.3 Å².